The average molecular weight is 288 g/mol. The van der Waals surface area contributed by atoms with Crippen LogP contribution in [0.2, 0.25) is 0 Å². The molecule has 0 aliphatic heterocycles. The van der Waals surface area contributed by atoms with Gasteiger partial charge in [-0.3, -0.25) is 0 Å². The van der Waals surface area contributed by atoms with Crippen molar-refractivity contribution in [3.05, 3.63) is 34.3 Å². The van der Waals surface area contributed by atoms with E-state index < -0.39 is 0 Å². The number of hydrogen-bond acceptors (Lipinski definition) is 5. The van der Waals surface area contributed by atoms with Crippen molar-refractivity contribution in [3.63, 3.8) is 0 Å². The van der Waals surface area contributed by atoms with Crippen LogP contribution in [0.25, 0.3) is 0 Å². The van der Waals surface area contributed by atoms with E-state index in [9.17, 15) is 0 Å². The van der Waals surface area contributed by atoms with Gasteiger partial charge in [0.05, 0.1) is 0 Å². The second-order valence-corrected chi connectivity index (χ2v) is 5.96. The molecule has 2 heterocycles. The Kier molecular flexibility index (Phi) is 4.16. The normalized spacial score (nSPS) is 14.2. The summed E-state index contributed by atoms with van der Waals surface area (Å²) in [6, 6.07) is 4.14. The van der Waals surface area contributed by atoms with Gasteiger partial charge in [-0.05, 0) is 41.7 Å². The van der Waals surface area contributed by atoms with Gasteiger partial charge >= 0.3 is 0 Å². The molecule has 3 rings (SSSR count). The fraction of sp³-hybridized carbons (Fsp3) is 0.467. The minimum absolute atomic E-state index is 0.570. The van der Waals surface area contributed by atoms with Crippen LogP contribution < -0.4 is 10.6 Å². The summed E-state index contributed by atoms with van der Waals surface area (Å²) < 4.78 is 0. The lowest BCUT2D eigenvalue weighted by Crippen LogP contribution is -2.08. The molecule has 0 unspecified atom stereocenters. The van der Waals surface area contributed by atoms with Crippen molar-refractivity contribution < 1.29 is 0 Å². The minimum atomic E-state index is 0.570. The lowest BCUT2D eigenvalue weighted by Gasteiger charge is -2.10. The van der Waals surface area contributed by atoms with Gasteiger partial charge in [0.1, 0.15) is 17.5 Å². The van der Waals surface area contributed by atoms with Crippen LogP contribution in [-0.2, 0) is 6.54 Å². The Morgan fingerprint density at radius 3 is 2.70 bits per heavy atom. The summed E-state index contributed by atoms with van der Waals surface area (Å²) in [6.07, 6.45) is 3.54. The van der Waals surface area contributed by atoms with E-state index in [1.807, 2.05) is 6.07 Å². The summed E-state index contributed by atoms with van der Waals surface area (Å²) in [7, 11) is 0. The zero-order valence-corrected chi connectivity index (χ0v) is 12.5. The predicted octanol–water partition coefficient (Wildman–Crippen LogP) is 3.85. The first-order valence-corrected chi connectivity index (χ1v) is 8.17. The van der Waals surface area contributed by atoms with E-state index in [-0.39, 0.29) is 0 Å². The molecule has 2 aromatic heterocycles. The number of nitrogens with zero attached hydrogens (tertiary/aromatic N) is 2. The van der Waals surface area contributed by atoms with Gasteiger partial charge in [-0.2, -0.15) is 11.3 Å². The highest BCUT2D eigenvalue weighted by Crippen LogP contribution is 2.38. The topological polar surface area (TPSA) is 49.8 Å². The molecule has 2 aromatic rings. The molecular formula is C15H20N4S. The molecule has 20 heavy (non-hydrogen) atoms. The van der Waals surface area contributed by atoms with Crippen molar-refractivity contribution in [3.8, 4) is 0 Å². The number of nitrogens with one attached hydrogen (secondary N) is 2. The third kappa shape index (κ3) is 3.48. The Bertz CT molecular complexity index is 549. The van der Waals surface area contributed by atoms with Crippen molar-refractivity contribution in [2.24, 2.45) is 0 Å². The summed E-state index contributed by atoms with van der Waals surface area (Å²) in [5.41, 5.74) is 1.30. The fourth-order valence-electron chi connectivity index (χ4n) is 2.01. The van der Waals surface area contributed by atoms with Gasteiger partial charge in [0.15, 0.2) is 0 Å². The highest BCUT2D eigenvalue weighted by molar-refractivity contribution is 7.07. The number of anilines is 2. The smallest absolute Gasteiger partial charge is 0.136 e. The second-order valence-electron chi connectivity index (χ2n) is 5.18. The highest BCUT2D eigenvalue weighted by Gasteiger charge is 2.27. The molecule has 1 fully saturated rings. The van der Waals surface area contributed by atoms with Crippen LogP contribution in [0.4, 0.5) is 11.6 Å². The standard InChI is InChI=1S/C15H20N4S/c1-2-6-16-13-8-14(17-9-11-5-7-20-10-11)19-15(18-13)12-3-4-12/h5,7-8,10,12H,2-4,6,9H2,1H3,(H2,16,17,18,19). The molecule has 0 saturated heterocycles. The molecule has 0 radical (unpaired) electrons. The molecule has 0 spiro atoms. The van der Waals surface area contributed by atoms with Crippen molar-refractivity contribution in [1.82, 2.24) is 9.97 Å². The van der Waals surface area contributed by atoms with Gasteiger partial charge in [0.2, 0.25) is 0 Å². The van der Waals surface area contributed by atoms with E-state index in [1.54, 1.807) is 11.3 Å². The van der Waals surface area contributed by atoms with E-state index in [4.69, 9.17) is 0 Å². The fourth-order valence-corrected chi connectivity index (χ4v) is 2.68. The number of rotatable bonds is 7. The molecule has 106 valence electrons. The monoisotopic (exact) mass is 288 g/mol. The Balaban J connectivity index is 1.72. The van der Waals surface area contributed by atoms with Crippen LogP contribution in [0.1, 0.15) is 43.5 Å². The van der Waals surface area contributed by atoms with Crippen molar-refractivity contribution in [1.29, 1.82) is 0 Å². The molecule has 1 aliphatic rings. The van der Waals surface area contributed by atoms with Crippen LogP contribution in [-0.4, -0.2) is 16.5 Å². The van der Waals surface area contributed by atoms with Crippen molar-refractivity contribution in [2.45, 2.75) is 38.6 Å². The third-order valence-electron chi connectivity index (χ3n) is 3.30. The molecule has 0 amide bonds. The first-order valence-electron chi connectivity index (χ1n) is 7.23. The van der Waals surface area contributed by atoms with Gasteiger partial charge in [0.25, 0.3) is 0 Å². The van der Waals surface area contributed by atoms with E-state index >= 15 is 0 Å². The van der Waals surface area contributed by atoms with E-state index in [2.05, 4.69) is 44.4 Å². The Labute approximate surface area is 123 Å². The molecule has 0 bridgehead atoms. The summed E-state index contributed by atoms with van der Waals surface area (Å²) in [4.78, 5) is 9.26. The van der Waals surface area contributed by atoms with E-state index in [0.717, 1.165) is 37.0 Å². The minimum Gasteiger partial charge on any atom is -0.370 e. The molecular weight excluding hydrogens is 268 g/mol. The van der Waals surface area contributed by atoms with E-state index in [0.29, 0.717) is 5.92 Å². The molecule has 5 heteroatoms. The molecule has 0 atom stereocenters. The first-order chi connectivity index (χ1) is 9.85. The Hall–Kier alpha value is -1.62. The number of hydrogen-bond donors (Lipinski definition) is 2. The summed E-state index contributed by atoms with van der Waals surface area (Å²) in [6.45, 7) is 3.93. The maximum atomic E-state index is 4.64. The van der Waals surface area contributed by atoms with Gasteiger partial charge in [-0.1, -0.05) is 6.92 Å². The largest absolute Gasteiger partial charge is 0.370 e. The van der Waals surface area contributed by atoms with Gasteiger partial charge in [-0.25, -0.2) is 9.97 Å². The van der Waals surface area contributed by atoms with Crippen molar-refractivity contribution >= 4 is 23.0 Å². The van der Waals surface area contributed by atoms with Crippen LogP contribution in [0.15, 0.2) is 22.9 Å². The molecule has 1 aliphatic carbocycles. The average Bonchev–Trinajstić information content (AvgIpc) is 3.20. The highest BCUT2D eigenvalue weighted by atomic mass is 32.1. The predicted molar refractivity (Wildman–Crippen MR) is 84.4 cm³/mol. The summed E-state index contributed by atoms with van der Waals surface area (Å²) >= 11 is 1.72. The van der Waals surface area contributed by atoms with Gasteiger partial charge < -0.3 is 10.6 Å². The van der Waals surface area contributed by atoms with Crippen LogP contribution >= 0.6 is 11.3 Å². The molecule has 2 N–H and O–H groups in total. The lowest BCUT2D eigenvalue weighted by atomic mass is 10.3. The van der Waals surface area contributed by atoms with Crippen molar-refractivity contribution in [2.75, 3.05) is 17.2 Å². The van der Waals surface area contributed by atoms with Crippen LogP contribution in [0.5, 0.6) is 0 Å². The summed E-state index contributed by atoms with van der Waals surface area (Å²) in [5, 5.41) is 11.0. The lowest BCUT2D eigenvalue weighted by molar-refractivity contribution is 0.905. The van der Waals surface area contributed by atoms with E-state index in [1.165, 1.54) is 18.4 Å². The first kappa shape index (κ1) is 13.4. The van der Waals surface area contributed by atoms with Crippen LogP contribution in [0.3, 0.4) is 0 Å². The van der Waals surface area contributed by atoms with Gasteiger partial charge in [0, 0.05) is 25.1 Å². The Morgan fingerprint density at radius 2 is 2.05 bits per heavy atom. The number of aromatic nitrogens is 2. The maximum Gasteiger partial charge on any atom is 0.136 e. The van der Waals surface area contributed by atoms with Crippen LogP contribution in [0, 0.1) is 0 Å². The Morgan fingerprint density at radius 1 is 1.25 bits per heavy atom. The zero-order chi connectivity index (χ0) is 13.8. The van der Waals surface area contributed by atoms with Gasteiger partial charge in [-0.15, -0.1) is 0 Å². The SMILES string of the molecule is CCCNc1cc(NCc2ccsc2)nc(C2CC2)n1. The number of thiophene rings is 1. The quantitative estimate of drug-likeness (QED) is 0.812. The molecule has 1 saturated carbocycles. The molecule has 0 aromatic carbocycles. The zero-order valence-electron chi connectivity index (χ0n) is 11.7. The maximum absolute atomic E-state index is 4.64. The second kappa shape index (κ2) is 6.22. The third-order valence-corrected chi connectivity index (χ3v) is 4.03. The summed E-state index contributed by atoms with van der Waals surface area (Å²) in [5.74, 6) is 3.42. The molecule has 4 nitrogen and oxygen atoms in total.